The van der Waals surface area contributed by atoms with E-state index in [1.54, 1.807) is 0 Å². The quantitative estimate of drug-likeness (QED) is 0.406. The van der Waals surface area contributed by atoms with E-state index in [9.17, 15) is 14.4 Å². The number of rotatable bonds is 7. The van der Waals surface area contributed by atoms with Gasteiger partial charge in [0, 0.05) is 12.6 Å². The maximum atomic E-state index is 11.7. The van der Waals surface area contributed by atoms with Gasteiger partial charge in [0.15, 0.2) is 0 Å². The number of hydrogen-bond donors (Lipinski definition) is 2. The third-order valence-corrected chi connectivity index (χ3v) is 5.35. The Kier molecular flexibility index (Phi) is 6.84. The summed E-state index contributed by atoms with van der Waals surface area (Å²) in [7, 11) is -4.39. The molecule has 0 radical (unpaired) electrons. The lowest BCUT2D eigenvalue weighted by atomic mass is 10.1. The van der Waals surface area contributed by atoms with Crippen molar-refractivity contribution in [3.63, 3.8) is 0 Å². The highest BCUT2D eigenvalue weighted by atomic mass is 35.5. The average molecular weight is 388 g/mol. The Morgan fingerprint density at radius 1 is 1.12 bits per heavy atom. The van der Waals surface area contributed by atoms with Crippen LogP contribution < -0.4 is 0 Å². The van der Waals surface area contributed by atoms with Crippen LogP contribution in [0.5, 0.6) is 0 Å². The zero-order chi connectivity index (χ0) is 17.6. The van der Waals surface area contributed by atoms with Crippen molar-refractivity contribution in [3.05, 3.63) is 69.7 Å². The molecule has 0 aromatic heterocycles. The second-order valence-electron chi connectivity index (χ2n) is 5.06. The van der Waals surface area contributed by atoms with Gasteiger partial charge in [-0.15, -0.1) is 0 Å². The minimum atomic E-state index is -4.39. The highest BCUT2D eigenvalue weighted by molar-refractivity contribution is 7.52. The van der Waals surface area contributed by atoms with Crippen molar-refractivity contribution in [1.82, 2.24) is 0 Å². The zero-order valence-corrected chi connectivity index (χ0v) is 15.0. The number of halogens is 2. The molecule has 0 amide bonds. The summed E-state index contributed by atoms with van der Waals surface area (Å²) in [6.07, 6.45) is 1.35. The van der Waals surface area contributed by atoms with Gasteiger partial charge in [-0.25, -0.2) is 0 Å². The topological polar surface area (TPSA) is 79.1 Å². The summed E-state index contributed by atoms with van der Waals surface area (Å²) in [5.41, 5.74) is 0.286. The molecule has 0 saturated carbocycles. The predicted molar refractivity (Wildman–Crippen MR) is 95.6 cm³/mol. The fraction of sp³-hybridized carbons (Fsp3) is 0.188. The summed E-state index contributed by atoms with van der Waals surface area (Å²) >= 11 is 11.7. The Morgan fingerprint density at radius 2 is 1.83 bits per heavy atom. The van der Waals surface area contributed by atoms with Crippen LogP contribution in [-0.2, 0) is 16.0 Å². The highest BCUT2D eigenvalue weighted by Crippen LogP contribution is 2.53. The van der Waals surface area contributed by atoms with Crippen molar-refractivity contribution in [2.45, 2.75) is 18.7 Å². The minimum absolute atomic E-state index is 0.0109. The first-order chi connectivity index (χ1) is 11.4. The van der Waals surface area contributed by atoms with Gasteiger partial charge < -0.3 is 14.6 Å². The second kappa shape index (κ2) is 8.65. The van der Waals surface area contributed by atoms with Crippen LogP contribution in [0.3, 0.4) is 0 Å². The molecule has 5 nitrogen and oxygen atoms in total. The summed E-state index contributed by atoms with van der Waals surface area (Å²) in [6, 6.07) is 13.9. The van der Waals surface area contributed by atoms with E-state index >= 15 is 0 Å². The minimum Gasteiger partial charge on any atom is -0.391 e. The Morgan fingerprint density at radius 3 is 2.46 bits per heavy atom. The molecule has 0 bridgehead atoms. The maximum Gasteiger partial charge on any atom is 0.333 e. The van der Waals surface area contributed by atoms with Gasteiger partial charge in [0.2, 0.25) is 0 Å². The van der Waals surface area contributed by atoms with Crippen molar-refractivity contribution in [3.8, 4) is 0 Å². The highest BCUT2D eigenvalue weighted by Gasteiger charge is 2.30. The van der Waals surface area contributed by atoms with Crippen LogP contribution >= 0.6 is 30.8 Å². The molecular formula is C16H16Cl2NO4P. The normalized spacial score (nSPS) is 13.2. The van der Waals surface area contributed by atoms with Crippen molar-refractivity contribution in [1.29, 1.82) is 0 Å². The second-order valence-corrected chi connectivity index (χ2v) is 7.68. The van der Waals surface area contributed by atoms with Gasteiger partial charge in [-0.05, 0) is 23.3 Å². The van der Waals surface area contributed by atoms with Gasteiger partial charge in [0.1, 0.15) is 6.61 Å². The van der Waals surface area contributed by atoms with Gasteiger partial charge in [-0.2, -0.15) is 0 Å². The molecule has 128 valence electrons. The molecule has 1 atom stereocenters. The summed E-state index contributed by atoms with van der Waals surface area (Å²) in [4.78, 5) is 24.2. The molecule has 2 aromatic rings. The first kappa shape index (κ1) is 19.0. The van der Waals surface area contributed by atoms with E-state index in [2.05, 4.69) is 5.16 Å². The molecule has 2 aromatic carbocycles. The van der Waals surface area contributed by atoms with Crippen molar-refractivity contribution in [2.75, 3.05) is 0 Å². The number of oxime groups is 1. The van der Waals surface area contributed by atoms with Crippen molar-refractivity contribution in [2.24, 2.45) is 5.16 Å². The van der Waals surface area contributed by atoms with E-state index in [0.29, 0.717) is 10.6 Å². The van der Waals surface area contributed by atoms with E-state index in [4.69, 9.17) is 28.0 Å². The van der Waals surface area contributed by atoms with E-state index in [1.807, 2.05) is 30.3 Å². The molecule has 0 fully saturated rings. The lowest BCUT2D eigenvalue weighted by molar-refractivity contribution is 0.131. The Balaban J connectivity index is 2.00. The molecule has 0 aliphatic carbocycles. The first-order valence-corrected chi connectivity index (χ1v) is 9.49. The number of hydrogen-bond acceptors (Lipinski definition) is 3. The molecule has 8 heteroatoms. The molecule has 2 rings (SSSR count). The smallest absolute Gasteiger partial charge is 0.333 e. The van der Waals surface area contributed by atoms with Crippen molar-refractivity contribution < 1.29 is 19.2 Å². The molecule has 0 heterocycles. The van der Waals surface area contributed by atoms with Gasteiger partial charge in [-0.1, -0.05) is 64.8 Å². The van der Waals surface area contributed by atoms with Gasteiger partial charge in [-0.3, -0.25) is 4.57 Å². The maximum absolute atomic E-state index is 11.7. The lowest BCUT2D eigenvalue weighted by Crippen LogP contribution is -2.01. The molecule has 1 unspecified atom stereocenters. The molecule has 2 N–H and O–H groups in total. The first-order valence-electron chi connectivity index (χ1n) is 7.06. The van der Waals surface area contributed by atoms with E-state index in [1.165, 1.54) is 24.4 Å². The number of nitrogens with zero attached hydrogens (tertiary/aromatic N) is 1. The van der Waals surface area contributed by atoms with E-state index in [-0.39, 0.29) is 18.1 Å². The zero-order valence-electron chi connectivity index (χ0n) is 12.5. The van der Waals surface area contributed by atoms with E-state index in [0.717, 1.165) is 5.56 Å². The SMILES string of the molecule is O=P(O)(O)C(CC=NOCc1ccccc1)c1ccc(Cl)c(Cl)c1. The lowest BCUT2D eigenvalue weighted by Gasteiger charge is -2.17. The summed E-state index contributed by atoms with van der Waals surface area (Å²) in [5.74, 6) is 0. The molecule has 0 spiro atoms. The van der Waals surface area contributed by atoms with Gasteiger partial charge >= 0.3 is 7.60 Å². The Bertz CT molecular complexity index is 749. The van der Waals surface area contributed by atoms with Crippen LogP contribution in [0.15, 0.2) is 53.7 Å². The van der Waals surface area contributed by atoms with Crippen LogP contribution in [0.2, 0.25) is 10.0 Å². The fourth-order valence-corrected chi connectivity index (χ4v) is 3.29. The van der Waals surface area contributed by atoms with Crippen molar-refractivity contribution >= 4 is 37.0 Å². The Labute approximate surface area is 150 Å². The molecule has 24 heavy (non-hydrogen) atoms. The monoisotopic (exact) mass is 387 g/mol. The molecule has 0 aliphatic rings. The largest absolute Gasteiger partial charge is 0.391 e. The third-order valence-electron chi connectivity index (χ3n) is 3.29. The van der Waals surface area contributed by atoms with Gasteiger partial charge in [0.25, 0.3) is 0 Å². The fourth-order valence-electron chi connectivity index (χ4n) is 2.07. The summed E-state index contributed by atoms with van der Waals surface area (Å²) in [6.45, 7) is 0.282. The third kappa shape index (κ3) is 5.62. The van der Waals surface area contributed by atoms with Crippen LogP contribution in [0.1, 0.15) is 23.2 Å². The molecule has 0 saturated heterocycles. The summed E-state index contributed by atoms with van der Waals surface area (Å²) < 4.78 is 11.7. The predicted octanol–water partition coefficient (Wildman–Crippen LogP) is 4.80. The van der Waals surface area contributed by atoms with Gasteiger partial charge in [0.05, 0.1) is 15.7 Å². The summed E-state index contributed by atoms with van der Waals surface area (Å²) in [5, 5.41) is 4.32. The molecular weight excluding hydrogens is 372 g/mol. The van der Waals surface area contributed by atoms with Crippen LogP contribution in [-0.4, -0.2) is 16.0 Å². The average Bonchev–Trinajstić information content (AvgIpc) is 2.53. The van der Waals surface area contributed by atoms with E-state index < -0.39 is 13.3 Å². The number of benzene rings is 2. The van der Waals surface area contributed by atoms with Crippen LogP contribution in [0.4, 0.5) is 0 Å². The molecule has 0 aliphatic heterocycles. The Hall–Kier alpha value is -1.36. The standard InChI is InChI=1S/C16H16Cl2NO4P/c17-14-7-6-13(10-15(14)18)16(24(20,21)22)8-9-19-23-11-12-4-2-1-3-5-12/h1-7,9-10,16H,8,11H2,(H2,20,21,22). The van der Waals surface area contributed by atoms with Crippen LogP contribution in [0, 0.1) is 0 Å². The van der Waals surface area contributed by atoms with Crippen LogP contribution in [0.25, 0.3) is 0 Å².